The number of hydrogen-bond donors (Lipinski definition) is 1. The van der Waals surface area contributed by atoms with Gasteiger partial charge < -0.3 is 5.32 Å². The van der Waals surface area contributed by atoms with Crippen molar-refractivity contribution in [3.05, 3.63) is 34.6 Å². The fourth-order valence-corrected chi connectivity index (χ4v) is 3.74. The molecule has 124 valence electrons. The zero-order valence-electron chi connectivity index (χ0n) is 13.0. The molecule has 1 aromatic carbocycles. The average Bonchev–Trinajstić information content (AvgIpc) is 2.31. The number of nitrogens with one attached hydrogen (secondary N) is 1. The summed E-state index contributed by atoms with van der Waals surface area (Å²) in [6.45, 7) is 5.39. The number of benzene rings is 1. The van der Waals surface area contributed by atoms with Crippen molar-refractivity contribution in [1.29, 1.82) is 0 Å². The molecule has 0 aliphatic heterocycles. The maximum atomic E-state index is 13.6. The van der Waals surface area contributed by atoms with Crippen molar-refractivity contribution >= 4 is 27.5 Å². The third-order valence-electron chi connectivity index (χ3n) is 2.94. The summed E-state index contributed by atoms with van der Waals surface area (Å²) < 4.78 is 38.4. The van der Waals surface area contributed by atoms with Gasteiger partial charge in [-0.05, 0) is 32.9 Å². The molecule has 0 aliphatic rings. The van der Waals surface area contributed by atoms with E-state index in [2.05, 4.69) is 5.32 Å². The monoisotopic (exact) mass is 350 g/mol. The molecular weight excluding hydrogens is 331 g/mol. The molecule has 5 nitrogen and oxygen atoms in total. The lowest BCUT2D eigenvalue weighted by atomic mass is 10.1. The highest BCUT2D eigenvalue weighted by Crippen LogP contribution is 2.19. The van der Waals surface area contributed by atoms with Crippen LogP contribution in [0, 0.1) is 5.82 Å². The lowest BCUT2D eigenvalue weighted by Crippen LogP contribution is -2.48. The lowest BCUT2D eigenvalue weighted by molar-refractivity contribution is 0.0944. The van der Waals surface area contributed by atoms with Crippen LogP contribution in [0.4, 0.5) is 4.39 Å². The fourth-order valence-electron chi connectivity index (χ4n) is 2.07. The second-order valence-corrected chi connectivity index (χ2v) is 8.17. The van der Waals surface area contributed by atoms with E-state index in [1.807, 2.05) is 0 Å². The predicted molar refractivity (Wildman–Crippen MR) is 85.0 cm³/mol. The first-order chi connectivity index (χ1) is 9.94. The van der Waals surface area contributed by atoms with Crippen molar-refractivity contribution in [1.82, 2.24) is 9.62 Å². The molecule has 1 rings (SSSR count). The highest BCUT2D eigenvalue weighted by atomic mass is 35.5. The van der Waals surface area contributed by atoms with Gasteiger partial charge in [-0.25, -0.2) is 12.8 Å². The molecule has 1 N–H and O–H groups in total. The Kier molecular flexibility index (Phi) is 5.95. The van der Waals surface area contributed by atoms with Crippen molar-refractivity contribution in [2.24, 2.45) is 0 Å². The van der Waals surface area contributed by atoms with Crippen molar-refractivity contribution in [2.75, 3.05) is 19.3 Å². The van der Waals surface area contributed by atoms with E-state index < -0.39 is 27.3 Å². The van der Waals surface area contributed by atoms with Crippen molar-refractivity contribution in [3.63, 3.8) is 0 Å². The first-order valence-corrected chi connectivity index (χ1v) is 8.87. The zero-order chi connectivity index (χ0) is 17.1. The fraction of sp³-hybridized carbons (Fsp3) is 0.500. The molecule has 0 bridgehead atoms. The summed E-state index contributed by atoms with van der Waals surface area (Å²) in [6.07, 6.45) is 1.10. The van der Waals surface area contributed by atoms with E-state index in [9.17, 15) is 17.6 Å². The van der Waals surface area contributed by atoms with Crippen LogP contribution in [0.5, 0.6) is 0 Å². The molecule has 0 saturated heterocycles. The Morgan fingerprint density at radius 1 is 1.36 bits per heavy atom. The highest BCUT2D eigenvalue weighted by Gasteiger charge is 2.29. The first-order valence-electron chi connectivity index (χ1n) is 6.64. The number of sulfonamides is 1. The predicted octanol–water partition coefficient (Wildman–Crippen LogP) is 2.27. The summed E-state index contributed by atoms with van der Waals surface area (Å²) in [7, 11) is -3.42. The summed E-state index contributed by atoms with van der Waals surface area (Å²) in [5, 5.41) is 2.49. The number of carbonyl (C=O) groups excluding carboxylic acids is 1. The van der Waals surface area contributed by atoms with Gasteiger partial charge in [0.1, 0.15) is 5.82 Å². The van der Waals surface area contributed by atoms with E-state index in [-0.39, 0.29) is 23.7 Å². The molecule has 22 heavy (non-hydrogen) atoms. The molecule has 0 fully saturated rings. The summed E-state index contributed by atoms with van der Waals surface area (Å²) in [4.78, 5) is 12.0. The van der Waals surface area contributed by atoms with Gasteiger partial charge in [0.05, 0.1) is 16.8 Å². The van der Waals surface area contributed by atoms with E-state index in [4.69, 9.17) is 11.6 Å². The maximum Gasteiger partial charge on any atom is 0.255 e. The Balaban J connectivity index is 2.76. The summed E-state index contributed by atoms with van der Waals surface area (Å²) >= 11 is 5.80. The topological polar surface area (TPSA) is 66.5 Å². The van der Waals surface area contributed by atoms with E-state index in [1.165, 1.54) is 16.4 Å². The van der Waals surface area contributed by atoms with Crippen LogP contribution in [-0.4, -0.2) is 43.5 Å². The van der Waals surface area contributed by atoms with Gasteiger partial charge in [0.25, 0.3) is 5.91 Å². The Bertz CT molecular complexity index is 636. The van der Waals surface area contributed by atoms with Gasteiger partial charge in [-0.1, -0.05) is 17.7 Å². The summed E-state index contributed by atoms with van der Waals surface area (Å²) in [6, 6.07) is 3.95. The molecule has 8 heteroatoms. The average molecular weight is 351 g/mol. The van der Waals surface area contributed by atoms with E-state index >= 15 is 0 Å². The number of carbonyl (C=O) groups is 1. The third-order valence-corrected chi connectivity index (χ3v) is 4.78. The molecular formula is C14H20ClFN2O3S. The van der Waals surface area contributed by atoms with Crippen LogP contribution in [0.1, 0.15) is 31.1 Å². The van der Waals surface area contributed by atoms with Crippen LogP contribution in [0.15, 0.2) is 18.2 Å². The van der Waals surface area contributed by atoms with Crippen molar-refractivity contribution in [3.8, 4) is 0 Å². The first kappa shape index (κ1) is 18.9. The molecule has 0 aliphatic carbocycles. The number of rotatable bonds is 5. The van der Waals surface area contributed by atoms with Gasteiger partial charge in [0, 0.05) is 18.6 Å². The van der Waals surface area contributed by atoms with Gasteiger partial charge in [-0.3, -0.25) is 4.79 Å². The molecule has 0 unspecified atom stereocenters. The van der Waals surface area contributed by atoms with Crippen LogP contribution in [-0.2, 0) is 10.0 Å². The quantitative estimate of drug-likeness (QED) is 0.885. The maximum absolute atomic E-state index is 13.6. The zero-order valence-corrected chi connectivity index (χ0v) is 14.6. The summed E-state index contributed by atoms with van der Waals surface area (Å²) in [5.74, 6) is -1.40. The number of amides is 1. The van der Waals surface area contributed by atoms with Crippen LogP contribution >= 0.6 is 11.6 Å². The van der Waals surface area contributed by atoms with Gasteiger partial charge in [0.2, 0.25) is 10.0 Å². The highest BCUT2D eigenvalue weighted by molar-refractivity contribution is 7.88. The molecule has 0 atom stereocenters. The van der Waals surface area contributed by atoms with Gasteiger partial charge in [-0.15, -0.1) is 0 Å². The van der Waals surface area contributed by atoms with Crippen LogP contribution < -0.4 is 5.32 Å². The van der Waals surface area contributed by atoms with Crippen molar-refractivity contribution in [2.45, 2.75) is 26.3 Å². The molecule has 0 heterocycles. The van der Waals surface area contributed by atoms with E-state index in [1.54, 1.807) is 20.8 Å². The van der Waals surface area contributed by atoms with Gasteiger partial charge in [-0.2, -0.15) is 4.31 Å². The number of halogens is 2. The summed E-state index contributed by atoms with van der Waals surface area (Å²) in [5.41, 5.74) is -0.862. The van der Waals surface area contributed by atoms with E-state index in [0.29, 0.717) is 0 Å². The van der Waals surface area contributed by atoms with Gasteiger partial charge >= 0.3 is 0 Å². The minimum Gasteiger partial charge on any atom is -0.351 e. The van der Waals surface area contributed by atoms with Crippen molar-refractivity contribution < 1.29 is 17.6 Å². The van der Waals surface area contributed by atoms with Crippen LogP contribution in [0.3, 0.4) is 0 Å². The minimum atomic E-state index is -3.42. The third kappa shape index (κ3) is 4.93. The van der Waals surface area contributed by atoms with Gasteiger partial charge in [0.15, 0.2) is 0 Å². The smallest absolute Gasteiger partial charge is 0.255 e. The molecule has 0 radical (unpaired) electrons. The Morgan fingerprint density at radius 3 is 2.41 bits per heavy atom. The normalized spacial score (nSPS) is 12.5. The molecule has 0 spiro atoms. The Labute approximate surface area is 135 Å². The SMILES string of the molecule is CC(C)(C)N(CCNC(=O)c1c(F)cccc1Cl)S(C)(=O)=O. The Morgan fingerprint density at radius 2 is 1.95 bits per heavy atom. The number of nitrogens with zero attached hydrogens (tertiary/aromatic N) is 1. The molecule has 0 saturated carbocycles. The minimum absolute atomic E-state index is 0.00768. The molecule has 1 aromatic rings. The molecule has 0 aromatic heterocycles. The second-order valence-electron chi connectivity index (χ2n) is 5.86. The standard InChI is InChI=1S/C14H20ClFN2O3S/c1-14(2,3)18(22(4,20)21)9-8-17-13(19)12-10(15)6-5-7-11(12)16/h5-7H,8-9H2,1-4H3,(H,17,19). The lowest BCUT2D eigenvalue weighted by Gasteiger charge is -2.33. The Hall–Kier alpha value is -1.18. The van der Waals surface area contributed by atoms with Crippen LogP contribution in [0.25, 0.3) is 0 Å². The molecule has 1 amide bonds. The van der Waals surface area contributed by atoms with Crippen LogP contribution in [0.2, 0.25) is 5.02 Å². The second kappa shape index (κ2) is 6.93. The van der Waals surface area contributed by atoms with E-state index in [0.717, 1.165) is 12.3 Å². The number of hydrogen-bond acceptors (Lipinski definition) is 3. The largest absolute Gasteiger partial charge is 0.351 e.